The van der Waals surface area contributed by atoms with Gasteiger partial charge in [0, 0.05) is 28.7 Å². The SMILES string of the molecule is Cc1cc(C(=O)COC(=O)Cc2ccc3c(c2)OCCO3)c(C)n1-c1ccc2c(c1)OCCO2. The smallest absolute Gasteiger partial charge is 0.310 e. The highest BCUT2D eigenvalue weighted by atomic mass is 16.6. The monoisotopic (exact) mass is 463 g/mol. The molecule has 5 rings (SSSR count). The van der Waals surface area contributed by atoms with E-state index in [1.165, 1.54) is 0 Å². The number of hydrogen-bond donors (Lipinski definition) is 0. The maximum Gasteiger partial charge on any atom is 0.310 e. The van der Waals surface area contributed by atoms with E-state index in [0.717, 1.165) is 22.6 Å². The van der Waals surface area contributed by atoms with Crippen molar-refractivity contribution in [2.45, 2.75) is 20.3 Å². The van der Waals surface area contributed by atoms with Crippen LogP contribution in [0.5, 0.6) is 23.0 Å². The van der Waals surface area contributed by atoms with E-state index in [4.69, 9.17) is 23.7 Å². The second-order valence-corrected chi connectivity index (χ2v) is 8.19. The van der Waals surface area contributed by atoms with Crippen LogP contribution in [0.1, 0.15) is 27.3 Å². The minimum absolute atomic E-state index is 0.0418. The molecule has 2 aliphatic rings. The zero-order chi connectivity index (χ0) is 23.7. The first kappa shape index (κ1) is 21.9. The number of ether oxygens (including phenoxy) is 5. The van der Waals surface area contributed by atoms with Gasteiger partial charge in [0.25, 0.3) is 0 Å². The van der Waals surface area contributed by atoms with Crippen molar-refractivity contribution in [1.29, 1.82) is 0 Å². The zero-order valence-corrected chi connectivity index (χ0v) is 19.1. The quantitative estimate of drug-likeness (QED) is 0.408. The van der Waals surface area contributed by atoms with Gasteiger partial charge in [0.15, 0.2) is 29.6 Å². The van der Waals surface area contributed by atoms with Crippen LogP contribution >= 0.6 is 0 Å². The highest BCUT2D eigenvalue weighted by molar-refractivity contribution is 5.99. The first-order valence-corrected chi connectivity index (χ1v) is 11.2. The van der Waals surface area contributed by atoms with Crippen molar-refractivity contribution < 1.29 is 33.3 Å². The number of carbonyl (C=O) groups excluding carboxylic acids is 2. The van der Waals surface area contributed by atoms with Crippen LogP contribution < -0.4 is 18.9 Å². The third-order valence-electron chi connectivity index (χ3n) is 5.83. The summed E-state index contributed by atoms with van der Waals surface area (Å²) < 4.78 is 29.6. The van der Waals surface area contributed by atoms with E-state index in [2.05, 4.69) is 0 Å². The third kappa shape index (κ3) is 4.31. The van der Waals surface area contributed by atoms with Crippen LogP contribution in [-0.2, 0) is 16.0 Å². The molecule has 0 bridgehead atoms. The summed E-state index contributed by atoms with van der Waals surface area (Å²) in [6.07, 6.45) is 0.0418. The lowest BCUT2D eigenvalue weighted by Gasteiger charge is -2.20. The summed E-state index contributed by atoms with van der Waals surface area (Å²) in [5, 5.41) is 0. The van der Waals surface area contributed by atoms with Crippen LogP contribution in [-0.4, -0.2) is 49.4 Å². The number of Topliss-reactive ketones (excluding diaryl/α,β-unsaturated/α-hetero) is 1. The van der Waals surface area contributed by atoms with Gasteiger partial charge in [-0.25, -0.2) is 0 Å². The molecule has 0 atom stereocenters. The number of rotatable bonds is 6. The van der Waals surface area contributed by atoms with Gasteiger partial charge in [-0.1, -0.05) is 6.07 Å². The average molecular weight is 463 g/mol. The lowest BCUT2D eigenvalue weighted by Crippen LogP contribution is -2.17. The average Bonchev–Trinajstić information content (AvgIpc) is 3.16. The lowest BCUT2D eigenvalue weighted by atomic mass is 10.1. The molecule has 0 aliphatic carbocycles. The summed E-state index contributed by atoms with van der Waals surface area (Å²) in [5.74, 6) is 1.92. The van der Waals surface area contributed by atoms with Crippen LogP contribution in [0.2, 0.25) is 0 Å². The predicted octanol–water partition coefficient (Wildman–Crippen LogP) is 3.61. The lowest BCUT2D eigenvalue weighted by molar-refractivity contribution is -0.141. The summed E-state index contributed by atoms with van der Waals surface area (Å²) in [6, 6.07) is 12.8. The van der Waals surface area contributed by atoms with Gasteiger partial charge in [0.2, 0.25) is 5.78 Å². The van der Waals surface area contributed by atoms with Crippen molar-refractivity contribution in [3.8, 4) is 28.7 Å². The van der Waals surface area contributed by atoms with Crippen LogP contribution in [0, 0.1) is 13.8 Å². The van der Waals surface area contributed by atoms with Crippen LogP contribution in [0.4, 0.5) is 0 Å². The van der Waals surface area contributed by atoms with Gasteiger partial charge in [-0.05, 0) is 49.7 Å². The Morgan fingerprint density at radius 2 is 1.44 bits per heavy atom. The number of hydrogen-bond acceptors (Lipinski definition) is 7. The molecule has 0 saturated heterocycles. The predicted molar refractivity (Wildman–Crippen MR) is 123 cm³/mol. The number of nitrogens with zero attached hydrogens (tertiary/aromatic N) is 1. The molecule has 0 fully saturated rings. The van der Waals surface area contributed by atoms with Gasteiger partial charge in [-0.3, -0.25) is 9.59 Å². The Morgan fingerprint density at radius 3 is 2.15 bits per heavy atom. The number of aromatic nitrogens is 1. The second-order valence-electron chi connectivity index (χ2n) is 8.19. The fourth-order valence-electron chi connectivity index (χ4n) is 4.25. The Bertz CT molecular complexity index is 1260. The normalized spacial score (nSPS) is 13.9. The van der Waals surface area contributed by atoms with Crippen molar-refractivity contribution in [2.75, 3.05) is 33.0 Å². The summed E-state index contributed by atoms with van der Waals surface area (Å²) in [4.78, 5) is 25.2. The topological polar surface area (TPSA) is 85.2 Å². The molecule has 0 saturated carbocycles. The number of benzene rings is 2. The van der Waals surface area contributed by atoms with Crippen molar-refractivity contribution in [3.05, 3.63) is 65.0 Å². The minimum atomic E-state index is -0.481. The van der Waals surface area contributed by atoms with E-state index in [9.17, 15) is 9.59 Å². The summed E-state index contributed by atoms with van der Waals surface area (Å²) in [6.45, 7) is 5.48. The molecule has 0 N–H and O–H groups in total. The van der Waals surface area contributed by atoms with Crippen molar-refractivity contribution in [1.82, 2.24) is 4.57 Å². The Balaban J connectivity index is 1.25. The van der Waals surface area contributed by atoms with Crippen LogP contribution in [0.25, 0.3) is 5.69 Å². The molecule has 0 spiro atoms. The van der Waals surface area contributed by atoms with Crippen molar-refractivity contribution in [3.63, 3.8) is 0 Å². The van der Waals surface area contributed by atoms with E-state index in [-0.39, 0.29) is 18.8 Å². The molecule has 2 aromatic carbocycles. The number of ketones is 1. The highest BCUT2D eigenvalue weighted by Crippen LogP contribution is 2.34. The largest absolute Gasteiger partial charge is 0.486 e. The number of carbonyl (C=O) groups is 2. The fourth-order valence-corrected chi connectivity index (χ4v) is 4.25. The van der Waals surface area contributed by atoms with Crippen LogP contribution in [0.15, 0.2) is 42.5 Å². The molecule has 3 aromatic rings. The summed E-state index contributed by atoms with van der Waals surface area (Å²) >= 11 is 0. The van der Waals surface area contributed by atoms with Gasteiger partial charge in [-0.15, -0.1) is 0 Å². The van der Waals surface area contributed by atoms with E-state index in [1.807, 2.05) is 42.7 Å². The Kier molecular flexibility index (Phi) is 5.88. The van der Waals surface area contributed by atoms with E-state index in [1.54, 1.807) is 18.2 Å². The molecule has 3 heterocycles. The minimum Gasteiger partial charge on any atom is -0.486 e. The molecule has 176 valence electrons. The molecular weight excluding hydrogens is 438 g/mol. The molecular formula is C26H25NO7. The molecule has 0 amide bonds. The van der Waals surface area contributed by atoms with Gasteiger partial charge in [0.1, 0.15) is 26.4 Å². The van der Waals surface area contributed by atoms with Gasteiger partial charge in [-0.2, -0.15) is 0 Å². The second kappa shape index (κ2) is 9.13. The van der Waals surface area contributed by atoms with Gasteiger partial charge in [0.05, 0.1) is 6.42 Å². The van der Waals surface area contributed by atoms with Crippen LogP contribution in [0.3, 0.4) is 0 Å². The molecule has 2 aliphatic heterocycles. The Hall–Kier alpha value is -3.94. The molecule has 34 heavy (non-hydrogen) atoms. The Morgan fingerprint density at radius 1 is 0.824 bits per heavy atom. The first-order valence-electron chi connectivity index (χ1n) is 11.2. The van der Waals surface area contributed by atoms with E-state index >= 15 is 0 Å². The molecule has 1 aromatic heterocycles. The third-order valence-corrected chi connectivity index (χ3v) is 5.83. The highest BCUT2D eigenvalue weighted by Gasteiger charge is 2.20. The van der Waals surface area contributed by atoms with Crippen molar-refractivity contribution >= 4 is 11.8 Å². The zero-order valence-electron chi connectivity index (χ0n) is 19.1. The molecule has 8 heteroatoms. The standard InChI is InChI=1S/C26H25NO7/c1-16-11-20(17(2)27(16)19-4-6-23-25(14-19)33-10-8-31-23)21(28)15-34-26(29)13-18-3-5-22-24(12-18)32-9-7-30-22/h3-6,11-12,14H,7-10,13,15H2,1-2H3. The first-order chi connectivity index (χ1) is 16.5. The number of esters is 1. The summed E-state index contributed by atoms with van der Waals surface area (Å²) in [5.41, 5.74) is 3.77. The fraction of sp³-hybridized carbons (Fsp3) is 0.308. The van der Waals surface area contributed by atoms with E-state index < -0.39 is 5.97 Å². The van der Waals surface area contributed by atoms with Gasteiger partial charge >= 0.3 is 5.97 Å². The Labute approximate surface area is 196 Å². The summed E-state index contributed by atoms with van der Waals surface area (Å²) in [7, 11) is 0. The molecule has 0 radical (unpaired) electrons. The maximum absolute atomic E-state index is 12.9. The molecule has 0 unspecified atom stereocenters. The van der Waals surface area contributed by atoms with Gasteiger partial charge < -0.3 is 28.3 Å². The molecule has 8 nitrogen and oxygen atoms in total. The number of aryl methyl sites for hydroxylation is 1. The van der Waals surface area contributed by atoms with Crippen molar-refractivity contribution in [2.24, 2.45) is 0 Å². The maximum atomic E-state index is 12.9. The van der Waals surface area contributed by atoms with E-state index in [0.29, 0.717) is 55.0 Å². The number of fused-ring (bicyclic) bond motifs is 2.